The van der Waals surface area contributed by atoms with Crippen molar-refractivity contribution in [2.24, 2.45) is 0 Å². The van der Waals surface area contributed by atoms with Crippen LogP contribution in [0.25, 0.3) is 11.0 Å². The van der Waals surface area contributed by atoms with E-state index in [1.54, 1.807) is 25.1 Å². The first-order valence-electron chi connectivity index (χ1n) is 6.89. The maximum Gasteiger partial charge on any atom is 0.337 e. The number of aryl methyl sites for hydroxylation is 1. The summed E-state index contributed by atoms with van der Waals surface area (Å²) >= 11 is 1.25. The zero-order valence-electron chi connectivity index (χ0n) is 12.5. The molecule has 1 aromatic carbocycles. The van der Waals surface area contributed by atoms with Crippen LogP contribution in [-0.4, -0.2) is 22.7 Å². The van der Waals surface area contributed by atoms with Crippen LogP contribution in [0, 0.1) is 6.92 Å². The summed E-state index contributed by atoms with van der Waals surface area (Å²) in [5.41, 5.74) is -0.0982. The molecule has 2 heterocycles. The summed E-state index contributed by atoms with van der Waals surface area (Å²) in [4.78, 5) is 24.1. The van der Waals surface area contributed by atoms with Gasteiger partial charge in [-0.1, -0.05) is 11.3 Å². The van der Waals surface area contributed by atoms with Crippen LogP contribution in [0.3, 0.4) is 0 Å². The number of hydrogen-bond acceptors (Lipinski definition) is 7. The number of nitrogens with one attached hydrogen (secondary N) is 1. The third-order valence-corrected chi connectivity index (χ3v) is 3.77. The molecular weight excluding hydrogens is 318 g/mol. The Morgan fingerprint density at radius 2 is 2.17 bits per heavy atom. The minimum atomic E-state index is -0.607. The summed E-state index contributed by atoms with van der Waals surface area (Å²) in [6.45, 7) is 4.13. The van der Waals surface area contributed by atoms with Gasteiger partial charge in [0.1, 0.15) is 16.3 Å². The Morgan fingerprint density at radius 1 is 1.35 bits per heavy atom. The third kappa shape index (κ3) is 3.21. The second-order valence-corrected chi connectivity index (χ2v) is 5.83. The van der Waals surface area contributed by atoms with Crippen molar-refractivity contribution in [2.75, 3.05) is 11.9 Å². The Bertz CT molecular complexity index is 932. The molecule has 0 spiro atoms. The van der Waals surface area contributed by atoms with Crippen LogP contribution in [0.2, 0.25) is 0 Å². The molecule has 23 heavy (non-hydrogen) atoms. The lowest BCUT2D eigenvalue weighted by Gasteiger charge is -2.07. The quantitative estimate of drug-likeness (QED) is 0.739. The minimum Gasteiger partial charge on any atom is -0.494 e. The topological polar surface area (TPSA) is 94.3 Å². The van der Waals surface area contributed by atoms with Gasteiger partial charge < -0.3 is 9.15 Å². The highest BCUT2D eigenvalue weighted by molar-refractivity contribution is 7.15. The Hall–Kier alpha value is -2.74. The Morgan fingerprint density at radius 3 is 2.87 bits per heavy atom. The van der Waals surface area contributed by atoms with Crippen LogP contribution in [0.1, 0.15) is 22.3 Å². The van der Waals surface area contributed by atoms with Gasteiger partial charge in [0.2, 0.25) is 5.13 Å². The molecule has 118 valence electrons. The fourth-order valence-electron chi connectivity index (χ4n) is 2.10. The number of benzene rings is 1. The molecule has 1 N–H and O–H groups in total. The summed E-state index contributed by atoms with van der Waals surface area (Å²) in [6.07, 6.45) is 0. The van der Waals surface area contributed by atoms with E-state index in [2.05, 4.69) is 15.5 Å². The van der Waals surface area contributed by atoms with E-state index in [0.29, 0.717) is 28.5 Å². The van der Waals surface area contributed by atoms with Crippen molar-refractivity contribution >= 4 is 33.3 Å². The number of amides is 1. The number of aromatic nitrogens is 2. The van der Waals surface area contributed by atoms with Gasteiger partial charge in [0.15, 0.2) is 0 Å². The van der Waals surface area contributed by atoms with Crippen molar-refractivity contribution in [3.63, 3.8) is 0 Å². The monoisotopic (exact) mass is 331 g/mol. The maximum absolute atomic E-state index is 12.4. The van der Waals surface area contributed by atoms with Crippen molar-refractivity contribution in [1.29, 1.82) is 0 Å². The number of carbonyl (C=O) groups excluding carboxylic acids is 1. The molecule has 0 aliphatic heterocycles. The van der Waals surface area contributed by atoms with Gasteiger partial charge in [-0.25, -0.2) is 4.79 Å². The molecule has 2 aromatic heterocycles. The number of nitrogens with zero attached hydrogens (tertiary/aromatic N) is 2. The SMILES string of the molecule is CCOc1ccc2c(C(=O)Nc3nnc(C)s3)cc(=O)oc2c1. The Kier molecular flexibility index (Phi) is 4.07. The number of rotatable bonds is 4. The summed E-state index contributed by atoms with van der Waals surface area (Å²) < 4.78 is 10.5. The highest BCUT2D eigenvalue weighted by Crippen LogP contribution is 2.24. The van der Waals surface area contributed by atoms with Gasteiger partial charge in [0, 0.05) is 17.5 Å². The van der Waals surface area contributed by atoms with Gasteiger partial charge in [-0.2, -0.15) is 0 Å². The number of carbonyl (C=O) groups is 1. The minimum absolute atomic E-state index is 0.215. The van der Waals surface area contributed by atoms with Crippen LogP contribution < -0.4 is 15.7 Å². The number of fused-ring (bicyclic) bond motifs is 1. The van der Waals surface area contributed by atoms with Crippen LogP contribution in [0.15, 0.2) is 33.5 Å². The highest BCUT2D eigenvalue weighted by Gasteiger charge is 2.15. The first-order valence-corrected chi connectivity index (χ1v) is 7.70. The van der Waals surface area contributed by atoms with E-state index in [1.165, 1.54) is 11.3 Å². The lowest BCUT2D eigenvalue weighted by molar-refractivity contribution is 0.102. The molecule has 7 nitrogen and oxygen atoms in total. The van der Waals surface area contributed by atoms with Crippen LogP contribution >= 0.6 is 11.3 Å². The highest BCUT2D eigenvalue weighted by atomic mass is 32.1. The molecular formula is C15H13N3O4S. The predicted molar refractivity (Wildman–Crippen MR) is 86.3 cm³/mol. The lowest BCUT2D eigenvalue weighted by Crippen LogP contribution is -2.15. The molecule has 0 saturated heterocycles. The van der Waals surface area contributed by atoms with E-state index >= 15 is 0 Å². The van der Waals surface area contributed by atoms with Gasteiger partial charge in [-0.05, 0) is 26.0 Å². The molecule has 0 aliphatic rings. The molecule has 0 bridgehead atoms. The second-order valence-electron chi connectivity index (χ2n) is 4.65. The van der Waals surface area contributed by atoms with Gasteiger partial charge >= 0.3 is 5.63 Å². The summed E-state index contributed by atoms with van der Waals surface area (Å²) in [6, 6.07) is 6.15. The summed E-state index contributed by atoms with van der Waals surface area (Å²) in [5.74, 6) is 0.128. The van der Waals surface area contributed by atoms with Crippen molar-refractivity contribution in [3.05, 3.63) is 45.3 Å². The summed E-state index contributed by atoms with van der Waals surface area (Å²) in [7, 11) is 0. The number of ether oxygens (including phenoxy) is 1. The smallest absolute Gasteiger partial charge is 0.337 e. The van der Waals surface area contributed by atoms with Crippen LogP contribution in [-0.2, 0) is 0 Å². The first-order chi connectivity index (χ1) is 11.1. The van der Waals surface area contributed by atoms with E-state index in [4.69, 9.17) is 9.15 Å². The number of hydrogen-bond donors (Lipinski definition) is 1. The fourth-order valence-corrected chi connectivity index (χ4v) is 2.69. The van der Waals surface area contributed by atoms with E-state index in [9.17, 15) is 9.59 Å². The van der Waals surface area contributed by atoms with Crippen molar-refractivity contribution in [1.82, 2.24) is 10.2 Å². The van der Waals surface area contributed by atoms with Gasteiger partial charge in [-0.15, -0.1) is 10.2 Å². The molecule has 3 aromatic rings. The number of anilines is 1. The molecule has 0 aliphatic carbocycles. The van der Waals surface area contributed by atoms with Crippen molar-refractivity contribution in [2.45, 2.75) is 13.8 Å². The molecule has 0 fully saturated rings. The molecule has 1 amide bonds. The Balaban J connectivity index is 2.02. The van der Waals surface area contributed by atoms with Crippen molar-refractivity contribution in [3.8, 4) is 5.75 Å². The van der Waals surface area contributed by atoms with E-state index < -0.39 is 11.5 Å². The normalized spacial score (nSPS) is 10.7. The predicted octanol–water partition coefficient (Wildman–Crippen LogP) is 2.60. The molecule has 3 rings (SSSR count). The summed E-state index contributed by atoms with van der Waals surface area (Å²) in [5, 5.41) is 11.9. The standard InChI is InChI=1S/C15H13N3O4S/c1-3-21-9-4-5-10-11(7-13(19)22-12(10)6-9)14(20)16-15-18-17-8(2)23-15/h4-7H,3H2,1-2H3,(H,16,18,20). The fraction of sp³-hybridized carbons (Fsp3) is 0.200. The van der Waals surface area contributed by atoms with Crippen LogP contribution in [0.5, 0.6) is 5.75 Å². The molecule has 8 heteroatoms. The third-order valence-electron chi connectivity index (χ3n) is 3.02. The second kappa shape index (κ2) is 6.17. The van der Waals surface area contributed by atoms with E-state index in [0.717, 1.165) is 11.1 Å². The van der Waals surface area contributed by atoms with E-state index in [1.807, 2.05) is 6.92 Å². The Labute approximate surface area is 134 Å². The average molecular weight is 331 g/mol. The largest absolute Gasteiger partial charge is 0.494 e. The van der Waals surface area contributed by atoms with Crippen LogP contribution in [0.4, 0.5) is 5.13 Å². The van der Waals surface area contributed by atoms with Gasteiger partial charge in [0.05, 0.1) is 12.2 Å². The first kappa shape index (κ1) is 15.2. The molecule has 0 radical (unpaired) electrons. The zero-order valence-corrected chi connectivity index (χ0v) is 13.3. The molecule has 0 unspecified atom stereocenters. The zero-order chi connectivity index (χ0) is 16.4. The van der Waals surface area contributed by atoms with Gasteiger partial charge in [-0.3, -0.25) is 10.1 Å². The van der Waals surface area contributed by atoms with E-state index in [-0.39, 0.29) is 5.56 Å². The average Bonchev–Trinajstić information content (AvgIpc) is 2.91. The van der Waals surface area contributed by atoms with Gasteiger partial charge in [0.25, 0.3) is 5.91 Å². The van der Waals surface area contributed by atoms with Crippen molar-refractivity contribution < 1.29 is 13.9 Å². The lowest BCUT2D eigenvalue weighted by atomic mass is 10.1. The molecule has 0 saturated carbocycles. The maximum atomic E-state index is 12.4. The molecule has 0 atom stereocenters.